The van der Waals surface area contributed by atoms with Crippen LogP contribution in [-0.4, -0.2) is 27.5 Å². The minimum atomic E-state index is -3.61. The van der Waals surface area contributed by atoms with Gasteiger partial charge in [-0.3, -0.25) is 0 Å². The number of benzene rings is 1. The molecule has 0 aliphatic carbocycles. The summed E-state index contributed by atoms with van der Waals surface area (Å²) in [6.07, 6.45) is 0.754. The van der Waals surface area contributed by atoms with Crippen LogP contribution in [0, 0.1) is 17.2 Å². The smallest absolute Gasteiger partial charge is 0.240 e. The molecule has 2 unspecified atom stereocenters. The average molecular weight is 350 g/mol. The van der Waals surface area contributed by atoms with Crippen LogP contribution in [0.25, 0.3) is 0 Å². The van der Waals surface area contributed by atoms with E-state index in [9.17, 15) is 8.42 Å². The van der Waals surface area contributed by atoms with E-state index in [1.54, 1.807) is 0 Å². The molecule has 1 aromatic carbocycles. The van der Waals surface area contributed by atoms with Crippen molar-refractivity contribution >= 4 is 34.0 Å². The van der Waals surface area contributed by atoms with Crippen LogP contribution in [0.3, 0.4) is 0 Å². The van der Waals surface area contributed by atoms with Crippen molar-refractivity contribution in [3.63, 3.8) is 0 Å². The molecular formula is C13H17Cl2N3O2S. The first-order chi connectivity index (χ1) is 9.44. The van der Waals surface area contributed by atoms with Crippen LogP contribution < -0.4 is 10.0 Å². The molecule has 0 amide bonds. The third-order valence-corrected chi connectivity index (χ3v) is 5.26. The summed E-state index contributed by atoms with van der Waals surface area (Å²) in [6.45, 7) is 3.60. The summed E-state index contributed by atoms with van der Waals surface area (Å²) >= 11 is 5.88. The van der Waals surface area contributed by atoms with E-state index in [4.69, 9.17) is 16.9 Å². The molecular weight excluding hydrogens is 333 g/mol. The Bertz CT molecular complexity index is 643. The number of hydrogen-bond acceptors (Lipinski definition) is 4. The molecule has 2 N–H and O–H groups in total. The second-order valence-corrected chi connectivity index (χ2v) is 7.07. The van der Waals surface area contributed by atoms with Crippen LogP contribution in [0.15, 0.2) is 23.1 Å². The number of halogens is 2. The highest BCUT2D eigenvalue weighted by Crippen LogP contribution is 2.21. The highest BCUT2D eigenvalue weighted by Gasteiger charge is 2.26. The maximum atomic E-state index is 12.3. The Kier molecular flexibility index (Phi) is 6.44. The van der Waals surface area contributed by atoms with Crippen molar-refractivity contribution in [2.75, 3.05) is 13.1 Å². The van der Waals surface area contributed by atoms with E-state index in [1.807, 2.05) is 13.0 Å². The molecule has 116 valence electrons. The molecule has 5 nitrogen and oxygen atoms in total. The van der Waals surface area contributed by atoms with Crippen molar-refractivity contribution < 1.29 is 8.42 Å². The molecule has 1 aromatic rings. The van der Waals surface area contributed by atoms with Crippen LogP contribution in [0.5, 0.6) is 0 Å². The lowest BCUT2D eigenvalue weighted by molar-refractivity contribution is 0.328. The normalized spacial score (nSPS) is 22.1. The predicted octanol–water partition coefficient (Wildman–Crippen LogP) is 1.91. The topological polar surface area (TPSA) is 82.0 Å². The number of hydrogen-bond donors (Lipinski definition) is 2. The average Bonchev–Trinajstić information content (AvgIpc) is 2.41. The first-order valence-electron chi connectivity index (χ1n) is 6.37. The Morgan fingerprint density at radius 3 is 2.76 bits per heavy atom. The molecule has 1 heterocycles. The van der Waals surface area contributed by atoms with E-state index in [-0.39, 0.29) is 39.8 Å². The number of sulfonamides is 1. The van der Waals surface area contributed by atoms with Gasteiger partial charge in [-0.2, -0.15) is 5.26 Å². The van der Waals surface area contributed by atoms with Crippen LogP contribution in [0.4, 0.5) is 0 Å². The van der Waals surface area contributed by atoms with E-state index in [0.717, 1.165) is 19.5 Å². The molecule has 0 aromatic heterocycles. The van der Waals surface area contributed by atoms with Gasteiger partial charge < -0.3 is 5.32 Å². The second-order valence-electron chi connectivity index (χ2n) is 4.95. The van der Waals surface area contributed by atoms with Gasteiger partial charge in [0.2, 0.25) is 10.0 Å². The summed E-state index contributed by atoms with van der Waals surface area (Å²) < 4.78 is 27.4. The third kappa shape index (κ3) is 4.31. The van der Waals surface area contributed by atoms with Gasteiger partial charge in [-0.05, 0) is 43.6 Å². The minimum absolute atomic E-state index is 0. The Balaban J connectivity index is 0.00000220. The number of rotatable bonds is 3. The lowest BCUT2D eigenvalue weighted by Crippen LogP contribution is -2.48. The van der Waals surface area contributed by atoms with E-state index in [0.29, 0.717) is 0 Å². The molecule has 2 atom stereocenters. The fourth-order valence-electron chi connectivity index (χ4n) is 2.21. The molecule has 0 radical (unpaired) electrons. The Labute approximate surface area is 136 Å². The molecule has 2 rings (SSSR count). The number of nitriles is 1. The molecule has 1 saturated heterocycles. The summed E-state index contributed by atoms with van der Waals surface area (Å²) in [5.74, 6) is 0.229. The second kappa shape index (κ2) is 7.43. The molecule has 1 aliphatic rings. The zero-order valence-corrected chi connectivity index (χ0v) is 13.9. The standard InChI is InChI=1S/C13H16ClN3O2S.ClH/c1-9-8-16-5-4-13(9)17-20(18,19)11-3-2-10(7-15)12(14)6-11;/h2-3,6,9,13,16-17H,4-5,8H2,1H3;1H. The first kappa shape index (κ1) is 18.2. The summed E-state index contributed by atoms with van der Waals surface area (Å²) in [5, 5.41) is 12.2. The zero-order valence-electron chi connectivity index (χ0n) is 11.5. The number of piperidine rings is 1. The Morgan fingerprint density at radius 2 is 2.19 bits per heavy atom. The lowest BCUT2D eigenvalue weighted by atomic mass is 9.97. The van der Waals surface area contributed by atoms with Crippen molar-refractivity contribution in [3.05, 3.63) is 28.8 Å². The Hall–Kier alpha value is -0.840. The van der Waals surface area contributed by atoms with E-state index >= 15 is 0 Å². The van der Waals surface area contributed by atoms with Gasteiger partial charge in [0.1, 0.15) is 6.07 Å². The predicted molar refractivity (Wildman–Crippen MR) is 84.2 cm³/mol. The summed E-state index contributed by atoms with van der Waals surface area (Å²) in [4.78, 5) is 0.0900. The van der Waals surface area contributed by atoms with Crippen molar-refractivity contribution in [2.45, 2.75) is 24.3 Å². The maximum absolute atomic E-state index is 12.3. The van der Waals surface area contributed by atoms with Crippen LogP contribution in [0.2, 0.25) is 5.02 Å². The SMILES string of the molecule is CC1CNCCC1NS(=O)(=O)c1ccc(C#N)c(Cl)c1.Cl. The number of nitrogens with one attached hydrogen (secondary N) is 2. The van der Waals surface area contributed by atoms with Gasteiger partial charge in [0.15, 0.2) is 0 Å². The van der Waals surface area contributed by atoms with E-state index in [2.05, 4.69) is 10.0 Å². The zero-order chi connectivity index (χ0) is 14.8. The Morgan fingerprint density at radius 1 is 1.48 bits per heavy atom. The van der Waals surface area contributed by atoms with Gasteiger partial charge in [0.25, 0.3) is 0 Å². The molecule has 0 spiro atoms. The summed E-state index contributed by atoms with van der Waals surface area (Å²) in [5.41, 5.74) is 0.265. The van der Waals surface area contributed by atoms with Gasteiger partial charge in [-0.25, -0.2) is 13.1 Å². The van der Waals surface area contributed by atoms with Crippen molar-refractivity contribution in [2.24, 2.45) is 5.92 Å². The van der Waals surface area contributed by atoms with Gasteiger partial charge >= 0.3 is 0 Å². The minimum Gasteiger partial charge on any atom is -0.316 e. The van der Waals surface area contributed by atoms with Gasteiger partial charge in [-0.15, -0.1) is 12.4 Å². The molecule has 0 bridgehead atoms. The number of nitrogens with zero attached hydrogens (tertiary/aromatic N) is 1. The fraction of sp³-hybridized carbons (Fsp3) is 0.462. The highest BCUT2D eigenvalue weighted by atomic mass is 35.5. The van der Waals surface area contributed by atoms with E-state index in [1.165, 1.54) is 18.2 Å². The summed E-state index contributed by atoms with van der Waals surface area (Å²) in [6, 6.07) is 5.95. The molecule has 1 fully saturated rings. The van der Waals surface area contributed by atoms with Crippen molar-refractivity contribution in [3.8, 4) is 6.07 Å². The molecule has 0 saturated carbocycles. The molecule has 8 heteroatoms. The van der Waals surface area contributed by atoms with Gasteiger partial charge in [0.05, 0.1) is 15.5 Å². The molecule has 21 heavy (non-hydrogen) atoms. The van der Waals surface area contributed by atoms with Crippen LogP contribution in [0.1, 0.15) is 18.9 Å². The monoisotopic (exact) mass is 349 g/mol. The van der Waals surface area contributed by atoms with Crippen molar-refractivity contribution in [1.29, 1.82) is 5.26 Å². The molecule has 1 aliphatic heterocycles. The largest absolute Gasteiger partial charge is 0.316 e. The quantitative estimate of drug-likeness (QED) is 0.873. The van der Waals surface area contributed by atoms with Gasteiger partial charge in [-0.1, -0.05) is 18.5 Å². The third-order valence-electron chi connectivity index (χ3n) is 3.46. The van der Waals surface area contributed by atoms with Crippen LogP contribution >= 0.6 is 24.0 Å². The van der Waals surface area contributed by atoms with Crippen molar-refractivity contribution in [1.82, 2.24) is 10.0 Å². The van der Waals surface area contributed by atoms with E-state index < -0.39 is 10.0 Å². The summed E-state index contributed by atoms with van der Waals surface area (Å²) in [7, 11) is -3.61. The lowest BCUT2D eigenvalue weighted by Gasteiger charge is -2.29. The van der Waals surface area contributed by atoms with Crippen LogP contribution in [-0.2, 0) is 10.0 Å². The maximum Gasteiger partial charge on any atom is 0.240 e. The fourth-order valence-corrected chi connectivity index (χ4v) is 3.90. The highest BCUT2D eigenvalue weighted by molar-refractivity contribution is 7.89. The first-order valence-corrected chi connectivity index (χ1v) is 8.23. The van der Waals surface area contributed by atoms with Gasteiger partial charge in [0, 0.05) is 6.04 Å².